The van der Waals surface area contributed by atoms with Gasteiger partial charge in [0.15, 0.2) is 17.3 Å². The van der Waals surface area contributed by atoms with Crippen molar-refractivity contribution in [3.63, 3.8) is 0 Å². The molecule has 1 aliphatic heterocycles. The van der Waals surface area contributed by atoms with Crippen molar-refractivity contribution in [2.24, 2.45) is 0 Å². The number of phenolic OH excluding ortho intramolecular Hbond substituents is 4. The largest absolute Gasteiger partial charge is 0.507 e. The van der Waals surface area contributed by atoms with E-state index in [0.717, 1.165) is 5.57 Å². The van der Waals surface area contributed by atoms with E-state index >= 15 is 0 Å². The van der Waals surface area contributed by atoms with Crippen molar-refractivity contribution in [1.82, 2.24) is 0 Å². The first-order valence-corrected chi connectivity index (χ1v) is 8.20. The van der Waals surface area contributed by atoms with Crippen molar-refractivity contribution in [2.45, 2.75) is 32.8 Å². The molecule has 0 radical (unpaired) electrons. The number of carbonyl (C=O) groups excluding carboxylic acids is 1. The van der Waals surface area contributed by atoms with E-state index < -0.39 is 6.10 Å². The van der Waals surface area contributed by atoms with Crippen molar-refractivity contribution in [2.75, 3.05) is 0 Å². The minimum absolute atomic E-state index is 0.0301. The Morgan fingerprint density at radius 3 is 2.50 bits per heavy atom. The van der Waals surface area contributed by atoms with Crippen LogP contribution in [0.4, 0.5) is 0 Å². The third-order valence-electron chi connectivity index (χ3n) is 4.35. The van der Waals surface area contributed by atoms with E-state index in [1.54, 1.807) is 6.07 Å². The van der Waals surface area contributed by atoms with E-state index in [0.29, 0.717) is 12.0 Å². The highest BCUT2D eigenvalue weighted by atomic mass is 16.5. The topological polar surface area (TPSA) is 107 Å². The number of hydrogen-bond donors (Lipinski definition) is 4. The maximum atomic E-state index is 12.6. The number of rotatable bonds is 3. The van der Waals surface area contributed by atoms with E-state index in [1.165, 1.54) is 18.2 Å². The van der Waals surface area contributed by atoms with E-state index in [9.17, 15) is 25.2 Å². The van der Waals surface area contributed by atoms with Gasteiger partial charge in [-0.25, -0.2) is 0 Å². The third-order valence-corrected chi connectivity index (χ3v) is 4.35. The summed E-state index contributed by atoms with van der Waals surface area (Å²) in [7, 11) is 0. The minimum Gasteiger partial charge on any atom is -0.507 e. The van der Waals surface area contributed by atoms with Crippen molar-refractivity contribution < 1.29 is 30.0 Å². The molecule has 2 aromatic rings. The molecule has 1 aliphatic rings. The lowest BCUT2D eigenvalue weighted by Crippen LogP contribution is -2.21. The second-order valence-corrected chi connectivity index (χ2v) is 6.56. The van der Waals surface area contributed by atoms with Gasteiger partial charge in [0.1, 0.15) is 28.9 Å². The summed E-state index contributed by atoms with van der Waals surface area (Å²) in [4.78, 5) is 12.6. The number of phenols is 4. The summed E-state index contributed by atoms with van der Waals surface area (Å²) in [6, 6.07) is 5.50. The van der Waals surface area contributed by atoms with Crippen LogP contribution in [0.15, 0.2) is 35.9 Å². The number of ketones is 1. The number of carbonyl (C=O) groups is 1. The van der Waals surface area contributed by atoms with Gasteiger partial charge < -0.3 is 25.2 Å². The zero-order valence-corrected chi connectivity index (χ0v) is 14.5. The molecule has 0 aliphatic carbocycles. The van der Waals surface area contributed by atoms with Crippen LogP contribution in [0.1, 0.15) is 47.9 Å². The van der Waals surface area contributed by atoms with Gasteiger partial charge in [-0.3, -0.25) is 4.79 Å². The molecule has 1 atom stereocenters. The van der Waals surface area contributed by atoms with Crippen LogP contribution < -0.4 is 4.74 Å². The lowest BCUT2D eigenvalue weighted by atomic mass is 9.92. The van der Waals surface area contributed by atoms with Gasteiger partial charge in [-0.1, -0.05) is 17.7 Å². The smallest absolute Gasteiger partial charge is 0.174 e. The Kier molecular flexibility index (Phi) is 4.50. The third kappa shape index (κ3) is 3.18. The van der Waals surface area contributed by atoms with Crippen LogP contribution in [0.2, 0.25) is 0 Å². The fourth-order valence-corrected chi connectivity index (χ4v) is 2.93. The Morgan fingerprint density at radius 1 is 1.12 bits per heavy atom. The quantitative estimate of drug-likeness (QED) is 0.493. The lowest BCUT2D eigenvalue weighted by molar-refractivity contribution is 0.0844. The highest BCUT2D eigenvalue weighted by Gasteiger charge is 2.32. The van der Waals surface area contributed by atoms with Gasteiger partial charge in [-0.15, -0.1) is 0 Å². The summed E-state index contributed by atoms with van der Waals surface area (Å²) < 4.78 is 5.78. The summed E-state index contributed by atoms with van der Waals surface area (Å²) >= 11 is 0. The molecule has 1 heterocycles. The molecule has 0 saturated carbocycles. The van der Waals surface area contributed by atoms with E-state index in [4.69, 9.17) is 4.74 Å². The van der Waals surface area contributed by atoms with Crippen molar-refractivity contribution in [1.29, 1.82) is 0 Å². The normalized spacial score (nSPS) is 15.9. The first-order chi connectivity index (χ1) is 12.3. The molecule has 26 heavy (non-hydrogen) atoms. The zero-order chi connectivity index (χ0) is 19.0. The number of hydrogen-bond acceptors (Lipinski definition) is 6. The Balaban J connectivity index is 1.99. The van der Waals surface area contributed by atoms with Gasteiger partial charge >= 0.3 is 0 Å². The fourth-order valence-electron chi connectivity index (χ4n) is 2.93. The van der Waals surface area contributed by atoms with Crippen LogP contribution in [0, 0.1) is 0 Å². The predicted molar refractivity (Wildman–Crippen MR) is 95.0 cm³/mol. The predicted octanol–water partition coefficient (Wildman–Crippen LogP) is 3.72. The number of allylic oxidation sites excluding steroid dienone is 2. The highest BCUT2D eigenvalue weighted by Crippen LogP contribution is 2.45. The summed E-state index contributed by atoms with van der Waals surface area (Å²) in [6.45, 7) is 3.80. The average Bonchev–Trinajstić information content (AvgIpc) is 2.56. The summed E-state index contributed by atoms with van der Waals surface area (Å²) in [6.07, 6.45) is 1.43. The van der Waals surface area contributed by atoms with E-state index in [2.05, 4.69) is 0 Å². The molecule has 0 fully saturated rings. The first kappa shape index (κ1) is 17.7. The number of aromatic hydroxyl groups is 4. The number of benzene rings is 2. The Bertz CT molecular complexity index is 909. The van der Waals surface area contributed by atoms with Crippen LogP contribution in [0.5, 0.6) is 28.7 Å². The standard InChI is InChI=1S/C20H20O6/c1-10(2)3-5-12-14(22)8-18-19(20(12)25)16(24)9-17(26-18)11-4-6-13(21)15(23)7-11/h3-4,6-8,17,21-23,25H,5,9H2,1-2H3/t17-/m0/s1. The SMILES string of the molecule is CC(C)=CCc1c(O)cc2c(c1O)C(=O)C[C@@H](c1ccc(O)c(O)c1)O2. The molecule has 3 rings (SSSR count). The molecule has 2 aromatic carbocycles. The molecule has 0 amide bonds. The van der Waals surface area contributed by atoms with Crippen LogP contribution in [0.3, 0.4) is 0 Å². The molecule has 6 heteroatoms. The maximum Gasteiger partial charge on any atom is 0.174 e. The summed E-state index contributed by atoms with van der Waals surface area (Å²) in [5.74, 6) is -1.23. The molecule has 136 valence electrons. The number of fused-ring (bicyclic) bond motifs is 1. The molecule has 0 unspecified atom stereocenters. The van der Waals surface area contributed by atoms with Gasteiger partial charge in [-0.2, -0.15) is 0 Å². The van der Waals surface area contributed by atoms with Gasteiger partial charge in [-0.05, 0) is 38.0 Å². The van der Waals surface area contributed by atoms with Crippen molar-refractivity contribution in [3.05, 3.63) is 52.6 Å². The summed E-state index contributed by atoms with van der Waals surface area (Å²) in [5.41, 5.74) is 1.87. The monoisotopic (exact) mass is 356 g/mol. The molecular formula is C20H20O6. The Hall–Kier alpha value is -3.15. The molecule has 6 nitrogen and oxygen atoms in total. The van der Waals surface area contributed by atoms with Crippen LogP contribution in [-0.4, -0.2) is 26.2 Å². The zero-order valence-electron chi connectivity index (χ0n) is 14.5. The highest BCUT2D eigenvalue weighted by molar-refractivity contribution is 6.03. The molecule has 4 N–H and O–H groups in total. The van der Waals surface area contributed by atoms with E-state index in [1.807, 2.05) is 19.9 Å². The fraction of sp³-hybridized carbons (Fsp3) is 0.250. The van der Waals surface area contributed by atoms with E-state index in [-0.39, 0.29) is 52.1 Å². The Morgan fingerprint density at radius 2 is 1.85 bits per heavy atom. The van der Waals surface area contributed by atoms with Gasteiger partial charge in [0, 0.05) is 11.6 Å². The van der Waals surface area contributed by atoms with Crippen molar-refractivity contribution in [3.8, 4) is 28.7 Å². The number of ether oxygens (including phenoxy) is 1. The van der Waals surface area contributed by atoms with Crippen molar-refractivity contribution >= 4 is 5.78 Å². The van der Waals surface area contributed by atoms with Gasteiger partial charge in [0.2, 0.25) is 0 Å². The Labute approximate surface area is 150 Å². The average molecular weight is 356 g/mol. The first-order valence-electron chi connectivity index (χ1n) is 8.20. The number of Topliss-reactive ketones (excluding diaryl/α,β-unsaturated/α-hetero) is 1. The van der Waals surface area contributed by atoms with Crippen LogP contribution >= 0.6 is 0 Å². The van der Waals surface area contributed by atoms with Crippen LogP contribution in [-0.2, 0) is 6.42 Å². The molecule has 0 aromatic heterocycles. The summed E-state index contributed by atoms with van der Waals surface area (Å²) in [5, 5.41) is 39.8. The molecular weight excluding hydrogens is 336 g/mol. The molecule has 0 saturated heterocycles. The van der Waals surface area contributed by atoms with Crippen LogP contribution in [0.25, 0.3) is 0 Å². The second kappa shape index (κ2) is 6.63. The molecule has 0 spiro atoms. The lowest BCUT2D eigenvalue weighted by Gasteiger charge is -2.27. The van der Waals surface area contributed by atoms with Gasteiger partial charge in [0.25, 0.3) is 0 Å². The minimum atomic E-state index is -0.691. The molecule has 0 bridgehead atoms. The van der Waals surface area contributed by atoms with Gasteiger partial charge in [0.05, 0.1) is 6.42 Å². The maximum absolute atomic E-state index is 12.6. The second-order valence-electron chi connectivity index (χ2n) is 6.56.